The molecule has 2 N–H and O–H groups in total. The summed E-state index contributed by atoms with van der Waals surface area (Å²) >= 11 is 0. The van der Waals surface area contributed by atoms with Gasteiger partial charge in [-0.25, -0.2) is 0 Å². The van der Waals surface area contributed by atoms with Gasteiger partial charge in [0.15, 0.2) is 0 Å². The summed E-state index contributed by atoms with van der Waals surface area (Å²) in [6, 6.07) is 1.18. The molecule has 102 valence electrons. The zero-order valence-electron chi connectivity index (χ0n) is 11.9. The Balaban J connectivity index is 2.28. The molecular formula is C14H30N2O. The van der Waals surface area contributed by atoms with Crippen molar-refractivity contribution in [3.05, 3.63) is 0 Å². The summed E-state index contributed by atoms with van der Waals surface area (Å²) in [4.78, 5) is 2.57. The molecule has 3 heteroatoms. The number of rotatable bonds is 7. The minimum absolute atomic E-state index is 0.162. The van der Waals surface area contributed by atoms with Crippen LogP contribution in [0.5, 0.6) is 0 Å². The van der Waals surface area contributed by atoms with Gasteiger partial charge in [-0.3, -0.25) is 4.90 Å². The van der Waals surface area contributed by atoms with Gasteiger partial charge in [0.25, 0.3) is 0 Å². The third-order valence-electron chi connectivity index (χ3n) is 3.53. The fraction of sp³-hybridized carbons (Fsp3) is 1.00. The Morgan fingerprint density at radius 3 is 2.59 bits per heavy atom. The van der Waals surface area contributed by atoms with Gasteiger partial charge in [-0.1, -0.05) is 20.8 Å². The number of nitrogens with one attached hydrogen (secondary N) is 1. The van der Waals surface area contributed by atoms with Crippen LogP contribution in [0, 0.1) is 5.92 Å². The first-order valence-corrected chi connectivity index (χ1v) is 7.14. The van der Waals surface area contributed by atoms with Crippen LogP contribution in [0.25, 0.3) is 0 Å². The summed E-state index contributed by atoms with van der Waals surface area (Å²) < 4.78 is 0. The Labute approximate surface area is 107 Å². The molecule has 1 fully saturated rings. The predicted octanol–water partition coefficient (Wildman–Crippen LogP) is 1.86. The van der Waals surface area contributed by atoms with Crippen molar-refractivity contribution in [1.82, 2.24) is 10.2 Å². The van der Waals surface area contributed by atoms with E-state index in [0.717, 1.165) is 19.5 Å². The molecule has 0 radical (unpaired) electrons. The van der Waals surface area contributed by atoms with Gasteiger partial charge in [0.05, 0.1) is 6.10 Å². The maximum atomic E-state index is 9.50. The van der Waals surface area contributed by atoms with Gasteiger partial charge < -0.3 is 10.4 Å². The number of nitrogens with zero attached hydrogens (tertiary/aromatic N) is 1. The van der Waals surface area contributed by atoms with E-state index in [1.54, 1.807) is 0 Å². The van der Waals surface area contributed by atoms with Crippen LogP contribution < -0.4 is 5.32 Å². The zero-order valence-corrected chi connectivity index (χ0v) is 11.9. The second kappa shape index (κ2) is 7.34. The topological polar surface area (TPSA) is 35.5 Å². The molecule has 0 aromatic heterocycles. The summed E-state index contributed by atoms with van der Waals surface area (Å²) in [5.41, 5.74) is 0. The minimum Gasteiger partial charge on any atom is -0.393 e. The van der Waals surface area contributed by atoms with Crippen molar-refractivity contribution in [2.45, 2.75) is 65.1 Å². The molecule has 17 heavy (non-hydrogen) atoms. The van der Waals surface area contributed by atoms with Gasteiger partial charge in [-0.05, 0) is 45.2 Å². The molecule has 3 unspecified atom stereocenters. The van der Waals surface area contributed by atoms with E-state index >= 15 is 0 Å². The Hall–Kier alpha value is -0.120. The van der Waals surface area contributed by atoms with Crippen LogP contribution in [-0.4, -0.2) is 47.8 Å². The van der Waals surface area contributed by atoms with Gasteiger partial charge >= 0.3 is 0 Å². The van der Waals surface area contributed by atoms with E-state index in [1.165, 1.54) is 19.4 Å². The fourth-order valence-electron chi connectivity index (χ4n) is 2.70. The molecule has 0 aliphatic carbocycles. The Bertz CT molecular complexity index is 206. The molecule has 0 saturated carbocycles. The number of hydrogen-bond donors (Lipinski definition) is 2. The van der Waals surface area contributed by atoms with Gasteiger partial charge in [0.1, 0.15) is 0 Å². The molecule has 0 amide bonds. The van der Waals surface area contributed by atoms with E-state index in [9.17, 15) is 5.11 Å². The predicted molar refractivity (Wildman–Crippen MR) is 73.2 cm³/mol. The third-order valence-corrected chi connectivity index (χ3v) is 3.53. The standard InChI is InChI=1S/C14H30N2O/c1-11(2)15-9-12(3)10-16-7-5-6-14(16)8-13(4)17/h11-15,17H,5-10H2,1-4H3. The number of likely N-dealkylation sites (tertiary alicyclic amines) is 1. The van der Waals surface area contributed by atoms with Crippen LogP contribution in [0.4, 0.5) is 0 Å². The minimum atomic E-state index is -0.162. The molecule has 0 aromatic rings. The van der Waals surface area contributed by atoms with Gasteiger partial charge in [-0.15, -0.1) is 0 Å². The van der Waals surface area contributed by atoms with Crippen molar-refractivity contribution in [3.63, 3.8) is 0 Å². The first-order valence-electron chi connectivity index (χ1n) is 7.14. The highest BCUT2D eigenvalue weighted by molar-refractivity contribution is 4.82. The second-order valence-corrected chi connectivity index (χ2v) is 6.04. The first-order chi connectivity index (χ1) is 7.99. The smallest absolute Gasteiger partial charge is 0.0527 e. The highest BCUT2D eigenvalue weighted by Crippen LogP contribution is 2.22. The Morgan fingerprint density at radius 2 is 2.00 bits per heavy atom. The molecule has 1 aliphatic rings. The molecule has 0 spiro atoms. The largest absolute Gasteiger partial charge is 0.393 e. The maximum absolute atomic E-state index is 9.50. The molecule has 3 nitrogen and oxygen atoms in total. The summed E-state index contributed by atoms with van der Waals surface area (Å²) in [5, 5.41) is 13.0. The molecular weight excluding hydrogens is 212 g/mol. The number of aliphatic hydroxyl groups excluding tert-OH is 1. The van der Waals surface area contributed by atoms with Crippen molar-refractivity contribution in [2.75, 3.05) is 19.6 Å². The van der Waals surface area contributed by atoms with Crippen LogP contribution in [0.15, 0.2) is 0 Å². The summed E-state index contributed by atoms with van der Waals surface area (Å²) in [7, 11) is 0. The average molecular weight is 242 g/mol. The molecule has 1 rings (SSSR count). The highest BCUT2D eigenvalue weighted by atomic mass is 16.3. The molecule has 3 atom stereocenters. The summed E-state index contributed by atoms with van der Waals surface area (Å²) in [5.74, 6) is 0.687. The van der Waals surface area contributed by atoms with Crippen LogP contribution in [0.2, 0.25) is 0 Å². The normalized spacial score (nSPS) is 25.4. The first kappa shape index (κ1) is 14.9. The lowest BCUT2D eigenvalue weighted by Crippen LogP contribution is -2.39. The van der Waals surface area contributed by atoms with Crippen LogP contribution in [0.1, 0.15) is 47.0 Å². The van der Waals surface area contributed by atoms with Crippen molar-refractivity contribution >= 4 is 0 Å². The van der Waals surface area contributed by atoms with Crippen LogP contribution in [-0.2, 0) is 0 Å². The van der Waals surface area contributed by atoms with Gasteiger partial charge in [0, 0.05) is 18.6 Å². The monoisotopic (exact) mass is 242 g/mol. The van der Waals surface area contributed by atoms with E-state index in [0.29, 0.717) is 18.0 Å². The molecule has 1 aliphatic heterocycles. The summed E-state index contributed by atoms with van der Waals surface area (Å²) in [6.07, 6.45) is 3.33. The summed E-state index contributed by atoms with van der Waals surface area (Å²) in [6.45, 7) is 12.1. The lowest BCUT2D eigenvalue weighted by atomic mass is 10.1. The molecule has 0 bridgehead atoms. The average Bonchev–Trinajstić information content (AvgIpc) is 2.62. The van der Waals surface area contributed by atoms with Crippen molar-refractivity contribution in [3.8, 4) is 0 Å². The zero-order chi connectivity index (χ0) is 12.8. The van der Waals surface area contributed by atoms with Crippen LogP contribution in [0.3, 0.4) is 0 Å². The van der Waals surface area contributed by atoms with Crippen LogP contribution >= 0.6 is 0 Å². The molecule has 1 heterocycles. The quantitative estimate of drug-likeness (QED) is 0.715. The lowest BCUT2D eigenvalue weighted by Gasteiger charge is -2.28. The lowest BCUT2D eigenvalue weighted by molar-refractivity contribution is 0.126. The van der Waals surface area contributed by atoms with Crippen molar-refractivity contribution < 1.29 is 5.11 Å². The number of aliphatic hydroxyl groups is 1. The molecule has 1 saturated heterocycles. The highest BCUT2D eigenvalue weighted by Gasteiger charge is 2.26. The van der Waals surface area contributed by atoms with E-state index < -0.39 is 0 Å². The van der Waals surface area contributed by atoms with Crippen molar-refractivity contribution in [1.29, 1.82) is 0 Å². The second-order valence-electron chi connectivity index (χ2n) is 6.04. The van der Waals surface area contributed by atoms with Gasteiger partial charge in [-0.2, -0.15) is 0 Å². The van der Waals surface area contributed by atoms with Crippen molar-refractivity contribution in [2.24, 2.45) is 5.92 Å². The SMILES string of the molecule is CC(O)CC1CCCN1CC(C)CNC(C)C. The van der Waals surface area contributed by atoms with Gasteiger partial charge in [0.2, 0.25) is 0 Å². The Morgan fingerprint density at radius 1 is 1.29 bits per heavy atom. The number of hydrogen-bond acceptors (Lipinski definition) is 3. The van der Waals surface area contributed by atoms with E-state index in [4.69, 9.17) is 0 Å². The van der Waals surface area contributed by atoms with E-state index in [2.05, 4.69) is 31.0 Å². The fourth-order valence-corrected chi connectivity index (χ4v) is 2.70. The maximum Gasteiger partial charge on any atom is 0.0527 e. The Kier molecular flexibility index (Phi) is 6.45. The van der Waals surface area contributed by atoms with E-state index in [1.807, 2.05) is 6.92 Å². The third kappa shape index (κ3) is 5.84. The molecule has 0 aromatic carbocycles. The van der Waals surface area contributed by atoms with E-state index in [-0.39, 0.29) is 6.10 Å².